The summed E-state index contributed by atoms with van der Waals surface area (Å²) in [6, 6.07) is 6.22. The number of rotatable bonds is 4. The van der Waals surface area contributed by atoms with Crippen LogP contribution in [0.25, 0.3) is 6.08 Å². The maximum absolute atomic E-state index is 12.4. The highest BCUT2D eigenvalue weighted by atomic mass is 28.4. The summed E-state index contributed by atoms with van der Waals surface area (Å²) in [5.74, 6) is 1.01. The molecule has 1 aliphatic rings. The third-order valence-corrected chi connectivity index (χ3v) is 9.76. The van der Waals surface area contributed by atoms with Crippen LogP contribution in [0.15, 0.2) is 24.3 Å². The second kappa shape index (κ2) is 7.77. The molecule has 0 bridgehead atoms. The Hall–Kier alpha value is -1.55. The number of likely N-dealkylation sites (tertiary alicyclic amines) is 1. The van der Waals surface area contributed by atoms with Crippen LogP contribution in [0.4, 0.5) is 0 Å². The van der Waals surface area contributed by atoms with E-state index < -0.39 is 8.32 Å². The molecule has 4 heteroatoms. The SMILES string of the molecule is Cc1ccc(/C=C/C(=O)N2CCCCC2)c(O[Si](C)(C)C(C)(C)C)c1. The van der Waals surface area contributed by atoms with Crippen LogP contribution in [-0.2, 0) is 4.79 Å². The van der Waals surface area contributed by atoms with E-state index in [9.17, 15) is 4.79 Å². The molecule has 0 radical (unpaired) electrons. The van der Waals surface area contributed by atoms with Crippen LogP contribution in [-0.4, -0.2) is 32.2 Å². The number of carbonyl (C=O) groups is 1. The predicted octanol–water partition coefficient (Wildman–Crippen LogP) is 5.40. The fraction of sp³-hybridized carbons (Fsp3) is 0.571. The van der Waals surface area contributed by atoms with Crippen LogP contribution >= 0.6 is 0 Å². The van der Waals surface area contributed by atoms with Crippen molar-refractivity contribution >= 4 is 20.3 Å². The van der Waals surface area contributed by atoms with Gasteiger partial charge in [0.2, 0.25) is 5.91 Å². The fourth-order valence-corrected chi connectivity index (χ4v) is 3.71. The summed E-state index contributed by atoms with van der Waals surface area (Å²) in [4.78, 5) is 14.3. The Morgan fingerprint density at radius 3 is 2.40 bits per heavy atom. The number of piperidine rings is 1. The first-order valence-electron chi connectivity index (χ1n) is 9.37. The summed E-state index contributed by atoms with van der Waals surface area (Å²) in [5.41, 5.74) is 2.16. The smallest absolute Gasteiger partial charge is 0.250 e. The second-order valence-corrected chi connectivity index (χ2v) is 13.3. The second-order valence-electron chi connectivity index (χ2n) is 8.62. The van der Waals surface area contributed by atoms with E-state index >= 15 is 0 Å². The first-order chi connectivity index (χ1) is 11.6. The summed E-state index contributed by atoms with van der Waals surface area (Å²) >= 11 is 0. The summed E-state index contributed by atoms with van der Waals surface area (Å²) in [7, 11) is -1.92. The zero-order chi connectivity index (χ0) is 18.7. The van der Waals surface area contributed by atoms with Gasteiger partial charge in [-0.15, -0.1) is 0 Å². The molecule has 0 N–H and O–H groups in total. The molecule has 1 aliphatic heterocycles. The van der Waals surface area contributed by atoms with E-state index in [2.05, 4.69) is 59.0 Å². The average molecular weight is 360 g/mol. The lowest BCUT2D eigenvalue weighted by molar-refractivity contribution is -0.126. The van der Waals surface area contributed by atoms with Crippen molar-refractivity contribution in [2.75, 3.05) is 13.1 Å². The van der Waals surface area contributed by atoms with Crippen molar-refractivity contribution in [1.82, 2.24) is 4.90 Å². The van der Waals surface area contributed by atoms with Gasteiger partial charge in [-0.1, -0.05) is 32.9 Å². The molecule has 25 heavy (non-hydrogen) atoms. The molecule has 0 atom stereocenters. The molecule has 3 nitrogen and oxygen atoms in total. The van der Waals surface area contributed by atoms with Gasteiger partial charge in [-0.05, 0) is 62.0 Å². The zero-order valence-corrected chi connectivity index (χ0v) is 17.7. The van der Waals surface area contributed by atoms with E-state index in [1.807, 2.05) is 11.0 Å². The van der Waals surface area contributed by atoms with E-state index in [4.69, 9.17) is 4.43 Å². The van der Waals surface area contributed by atoms with Crippen LogP contribution in [0.5, 0.6) is 5.75 Å². The Labute approximate surface area is 154 Å². The summed E-state index contributed by atoms with van der Waals surface area (Å²) in [5, 5.41) is 0.140. The highest BCUT2D eigenvalue weighted by molar-refractivity contribution is 6.74. The fourth-order valence-electron chi connectivity index (χ4n) is 2.68. The summed E-state index contributed by atoms with van der Waals surface area (Å²) in [6.45, 7) is 15.1. The van der Waals surface area contributed by atoms with Gasteiger partial charge in [-0.2, -0.15) is 0 Å². The molecule has 0 unspecified atom stereocenters. The molecule has 1 saturated heterocycles. The molecule has 0 saturated carbocycles. The maximum atomic E-state index is 12.4. The van der Waals surface area contributed by atoms with Gasteiger partial charge in [0, 0.05) is 24.7 Å². The Bertz CT molecular complexity index is 638. The molecular weight excluding hydrogens is 326 g/mol. The van der Waals surface area contributed by atoms with Gasteiger partial charge in [0.05, 0.1) is 0 Å². The highest BCUT2D eigenvalue weighted by Crippen LogP contribution is 2.38. The van der Waals surface area contributed by atoms with Gasteiger partial charge in [0.25, 0.3) is 8.32 Å². The molecule has 2 rings (SSSR count). The standard InChI is InChI=1S/C21H33NO2Si/c1-17-10-11-18(12-13-20(23)22-14-8-7-9-15-22)19(16-17)24-25(5,6)21(2,3)4/h10-13,16H,7-9,14-15H2,1-6H3/b13-12+. The molecular formula is C21H33NO2Si. The number of hydrogen-bond donors (Lipinski definition) is 0. The van der Waals surface area contributed by atoms with Crippen LogP contribution < -0.4 is 4.43 Å². The Balaban J connectivity index is 2.20. The van der Waals surface area contributed by atoms with Crippen molar-refractivity contribution < 1.29 is 9.22 Å². The van der Waals surface area contributed by atoms with Crippen molar-refractivity contribution in [1.29, 1.82) is 0 Å². The molecule has 1 fully saturated rings. The van der Waals surface area contributed by atoms with E-state index in [1.165, 1.54) is 12.0 Å². The summed E-state index contributed by atoms with van der Waals surface area (Å²) in [6.07, 6.45) is 7.08. The minimum Gasteiger partial charge on any atom is -0.543 e. The lowest BCUT2D eigenvalue weighted by Gasteiger charge is -2.37. The lowest BCUT2D eigenvalue weighted by atomic mass is 10.1. The van der Waals surface area contributed by atoms with Crippen molar-refractivity contribution in [2.45, 2.75) is 65.1 Å². The molecule has 0 aromatic heterocycles. The molecule has 138 valence electrons. The molecule has 1 aromatic rings. The monoisotopic (exact) mass is 359 g/mol. The topological polar surface area (TPSA) is 29.5 Å². The highest BCUT2D eigenvalue weighted by Gasteiger charge is 2.39. The van der Waals surface area contributed by atoms with Gasteiger partial charge in [0.15, 0.2) is 0 Å². The molecule has 1 amide bonds. The van der Waals surface area contributed by atoms with Crippen molar-refractivity contribution in [3.05, 3.63) is 35.4 Å². The van der Waals surface area contributed by atoms with Gasteiger partial charge >= 0.3 is 0 Å². The quantitative estimate of drug-likeness (QED) is 0.532. The minimum absolute atomic E-state index is 0.110. The third kappa shape index (κ3) is 5.21. The Morgan fingerprint density at radius 1 is 1.16 bits per heavy atom. The first-order valence-corrected chi connectivity index (χ1v) is 12.3. The van der Waals surface area contributed by atoms with Gasteiger partial charge in [0.1, 0.15) is 5.75 Å². The van der Waals surface area contributed by atoms with Crippen molar-refractivity contribution in [3.63, 3.8) is 0 Å². The third-order valence-electron chi connectivity index (χ3n) is 5.41. The molecule has 1 heterocycles. The normalized spacial score (nSPS) is 16.3. The van der Waals surface area contributed by atoms with Gasteiger partial charge in [-0.25, -0.2) is 0 Å². The van der Waals surface area contributed by atoms with Crippen LogP contribution in [0, 0.1) is 6.92 Å². The van der Waals surface area contributed by atoms with E-state index in [0.717, 1.165) is 37.2 Å². The van der Waals surface area contributed by atoms with Gasteiger partial charge < -0.3 is 9.33 Å². The molecule has 1 aromatic carbocycles. The first kappa shape index (κ1) is 19.8. The molecule has 0 spiro atoms. The van der Waals surface area contributed by atoms with Crippen molar-refractivity contribution in [2.24, 2.45) is 0 Å². The van der Waals surface area contributed by atoms with Crippen molar-refractivity contribution in [3.8, 4) is 5.75 Å². The zero-order valence-electron chi connectivity index (χ0n) is 16.7. The average Bonchev–Trinajstić information content (AvgIpc) is 2.53. The number of aryl methyl sites for hydroxylation is 1. The maximum Gasteiger partial charge on any atom is 0.250 e. The number of hydrogen-bond acceptors (Lipinski definition) is 2. The van der Waals surface area contributed by atoms with E-state index in [-0.39, 0.29) is 10.9 Å². The number of benzene rings is 1. The Kier molecular flexibility index (Phi) is 6.15. The van der Waals surface area contributed by atoms with Crippen LogP contribution in [0.1, 0.15) is 51.2 Å². The van der Waals surface area contributed by atoms with Crippen LogP contribution in [0.2, 0.25) is 18.1 Å². The number of carbonyl (C=O) groups excluding carboxylic acids is 1. The van der Waals surface area contributed by atoms with Crippen LogP contribution in [0.3, 0.4) is 0 Å². The van der Waals surface area contributed by atoms with E-state index in [1.54, 1.807) is 6.08 Å². The predicted molar refractivity (Wildman–Crippen MR) is 108 cm³/mol. The largest absolute Gasteiger partial charge is 0.543 e. The van der Waals surface area contributed by atoms with Gasteiger partial charge in [-0.3, -0.25) is 4.79 Å². The lowest BCUT2D eigenvalue weighted by Crippen LogP contribution is -2.44. The van der Waals surface area contributed by atoms with E-state index in [0.29, 0.717) is 0 Å². The molecule has 0 aliphatic carbocycles. The summed E-state index contributed by atoms with van der Waals surface area (Å²) < 4.78 is 6.52. The minimum atomic E-state index is -1.92. The number of amides is 1. The number of nitrogens with zero attached hydrogens (tertiary/aromatic N) is 1. The Morgan fingerprint density at radius 2 is 1.80 bits per heavy atom.